The second kappa shape index (κ2) is 11.2. The lowest BCUT2D eigenvalue weighted by atomic mass is 9.88. The van der Waals surface area contributed by atoms with Gasteiger partial charge in [0, 0.05) is 18.8 Å². The molecule has 0 aliphatic heterocycles. The average molecular weight is 322 g/mol. The number of unbranched alkanes of at least 4 members (excludes halogenated alkanes) is 3. The van der Waals surface area contributed by atoms with Gasteiger partial charge in [-0.2, -0.15) is 0 Å². The zero-order chi connectivity index (χ0) is 17.1. The molecule has 0 amide bonds. The van der Waals surface area contributed by atoms with E-state index in [2.05, 4.69) is 19.1 Å². The molecular weight excluding hydrogens is 292 g/mol. The fourth-order valence-electron chi connectivity index (χ4n) is 3.09. The summed E-state index contributed by atoms with van der Waals surface area (Å²) >= 11 is 0. The second-order valence-electron chi connectivity index (χ2n) is 6.35. The number of carbonyl (C=O) groups excluding carboxylic acids is 1. The zero-order valence-corrected chi connectivity index (χ0v) is 14.1. The molecule has 23 heavy (non-hydrogen) atoms. The van der Waals surface area contributed by atoms with Gasteiger partial charge in [0.25, 0.3) is 0 Å². The van der Waals surface area contributed by atoms with Gasteiger partial charge in [0.1, 0.15) is 5.78 Å². The largest absolute Gasteiger partial charge is 0.481 e. The number of aliphatic hydroxyl groups excluding tert-OH is 1. The van der Waals surface area contributed by atoms with Gasteiger partial charge in [-0.15, -0.1) is 0 Å². The van der Waals surface area contributed by atoms with Gasteiger partial charge in [-0.25, -0.2) is 0 Å². The van der Waals surface area contributed by atoms with E-state index in [9.17, 15) is 14.7 Å². The number of ketones is 1. The summed E-state index contributed by atoms with van der Waals surface area (Å²) in [5.41, 5.74) is 0. The van der Waals surface area contributed by atoms with Crippen molar-refractivity contribution in [1.82, 2.24) is 0 Å². The molecule has 1 fully saturated rings. The van der Waals surface area contributed by atoms with Gasteiger partial charge in [-0.3, -0.25) is 9.59 Å². The van der Waals surface area contributed by atoms with Gasteiger partial charge in [-0.1, -0.05) is 44.1 Å². The molecule has 2 N–H and O–H groups in total. The summed E-state index contributed by atoms with van der Waals surface area (Å²) in [7, 11) is 0. The smallest absolute Gasteiger partial charge is 0.303 e. The van der Waals surface area contributed by atoms with Crippen LogP contribution in [-0.4, -0.2) is 28.1 Å². The minimum Gasteiger partial charge on any atom is -0.481 e. The summed E-state index contributed by atoms with van der Waals surface area (Å²) in [6.07, 6.45) is 14.3. The molecule has 0 heterocycles. The summed E-state index contributed by atoms with van der Waals surface area (Å²) < 4.78 is 0. The van der Waals surface area contributed by atoms with E-state index in [0.717, 1.165) is 12.8 Å². The number of hydrogen-bond acceptors (Lipinski definition) is 3. The summed E-state index contributed by atoms with van der Waals surface area (Å²) in [4.78, 5) is 22.5. The molecule has 4 heteroatoms. The number of carboxylic acids is 1. The quantitative estimate of drug-likeness (QED) is 0.447. The SMILES string of the molecule is CCCCC/C=C/C[C@H]1[C@H](O)CC(=O)[C@@H]1C/C=C/CCC(=O)O. The van der Waals surface area contributed by atoms with Crippen molar-refractivity contribution in [3.63, 3.8) is 0 Å². The second-order valence-corrected chi connectivity index (χ2v) is 6.35. The van der Waals surface area contributed by atoms with Crippen LogP contribution < -0.4 is 0 Å². The number of Topliss-reactive ketones (excluding diaryl/α,β-unsaturated/α-hetero) is 1. The van der Waals surface area contributed by atoms with Crippen molar-refractivity contribution in [1.29, 1.82) is 0 Å². The molecule has 0 aromatic carbocycles. The molecule has 0 bridgehead atoms. The summed E-state index contributed by atoms with van der Waals surface area (Å²) in [6.45, 7) is 2.18. The molecule has 0 saturated heterocycles. The standard InChI is InChI=1S/C19H30O4/c1-2-3-4-5-6-8-11-15-16(18(21)14-17(15)20)12-9-7-10-13-19(22)23/h6-9,15-17,20H,2-5,10-14H2,1H3,(H,22,23)/b8-6+,9-7+/t15-,16-,17-/m1/s1. The maximum Gasteiger partial charge on any atom is 0.303 e. The maximum atomic E-state index is 12.0. The summed E-state index contributed by atoms with van der Waals surface area (Å²) in [6, 6.07) is 0. The molecule has 1 rings (SSSR count). The van der Waals surface area contributed by atoms with Crippen LogP contribution in [0.3, 0.4) is 0 Å². The Hall–Kier alpha value is -1.42. The highest BCUT2D eigenvalue weighted by Crippen LogP contribution is 2.34. The van der Waals surface area contributed by atoms with E-state index < -0.39 is 12.1 Å². The normalized spacial score (nSPS) is 25.0. The number of hydrogen-bond donors (Lipinski definition) is 2. The fraction of sp³-hybridized carbons (Fsp3) is 0.684. The third kappa shape index (κ3) is 7.60. The van der Waals surface area contributed by atoms with Crippen LogP contribution in [0.15, 0.2) is 24.3 Å². The van der Waals surface area contributed by atoms with Crippen molar-refractivity contribution in [3.05, 3.63) is 24.3 Å². The molecule has 0 unspecified atom stereocenters. The lowest BCUT2D eigenvalue weighted by Crippen LogP contribution is -2.19. The van der Waals surface area contributed by atoms with Crippen LogP contribution in [0, 0.1) is 11.8 Å². The van der Waals surface area contributed by atoms with Crippen LogP contribution >= 0.6 is 0 Å². The van der Waals surface area contributed by atoms with Crippen LogP contribution in [0.1, 0.15) is 64.7 Å². The molecule has 3 atom stereocenters. The lowest BCUT2D eigenvalue weighted by molar-refractivity contribution is -0.136. The topological polar surface area (TPSA) is 74.6 Å². The highest BCUT2D eigenvalue weighted by molar-refractivity contribution is 5.84. The molecule has 1 aliphatic carbocycles. The lowest BCUT2D eigenvalue weighted by Gasteiger charge is -2.18. The number of rotatable bonds is 11. The molecule has 1 saturated carbocycles. The van der Waals surface area contributed by atoms with Crippen molar-refractivity contribution in [2.45, 2.75) is 70.8 Å². The molecular formula is C19H30O4. The van der Waals surface area contributed by atoms with Crippen LogP contribution in [-0.2, 0) is 9.59 Å². The number of aliphatic carboxylic acids is 1. The van der Waals surface area contributed by atoms with E-state index in [1.54, 1.807) is 0 Å². The predicted octanol–water partition coefficient (Wildman–Crippen LogP) is 3.89. The highest BCUT2D eigenvalue weighted by Gasteiger charge is 2.39. The van der Waals surface area contributed by atoms with Crippen LogP contribution in [0.25, 0.3) is 0 Å². The van der Waals surface area contributed by atoms with Crippen molar-refractivity contribution in [2.75, 3.05) is 0 Å². The fourth-order valence-corrected chi connectivity index (χ4v) is 3.09. The monoisotopic (exact) mass is 322 g/mol. The van der Waals surface area contributed by atoms with Crippen molar-refractivity contribution in [2.24, 2.45) is 11.8 Å². The Morgan fingerprint density at radius 2 is 1.83 bits per heavy atom. The maximum absolute atomic E-state index is 12.0. The molecule has 0 aromatic rings. The van der Waals surface area contributed by atoms with E-state index in [4.69, 9.17) is 5.11 Å². The van der Waals surface area contributed by atoms with E-state index in [-0.39, 0.29) is 30.5 Å². The molecule has 0 radical (unpaired) electrons. The Kier molecular flexibility index (Phi) is 9.53. The Morgan fingerprint density at radius 3 is 2.52 bits per heavy atom. The van der Waals surface area contributed by atoms with Gasteiger partial charge in [0.2, 0.25) is 0 Å². The molecule has 1 aliphatic rings. The van der Waals surface area contributed by atoms with Crippen LogP contribution in [0.5, 0.6) is 0 Å². The summed E-state index contributed by atoms with van der Waals surface area (Å²) in [5, 5.41) is 18.7. The van der Waals surface area contributed by atoms with Gasteiger partial charge >= 0.3 is 5.97 Å². The van der Waals surface area contributed by atoms with E-state index in [0.29, 0.717) is 12.8 Å². The number of carbonyl (C=O) groups is 2. The summed E-state index contributed by atoms with van der Waals surface area (Å²) in [5.74, 6) is -0.821. The van der Waals surface area contributed by atoms with Crippen molar-refractivity contribution >= 4 is 11.8 Å². The number of aliphatic hydroxyl groups is 1. The predicted molar refractivity (Wildman–Crippen MR) is 91.1 cm³/mol. The molecule has 0 aromatic heterocycles. The zero-order valence-electron chi connectivity index (χ0n) is 14.1. The van der Waals surface area contributed by atoms with Crippen molar-refractivity contribution in [3.8, 4) is 0 Å². The highest BCUT2D eigenvalue weighted by atomic mass is 16.4. The van der Waals surface area contributed by atoms with Crippen molar-refractivity contribution < 1.29 is 19.8 Å². The minimum absolute atomic E-state index is 0.00551. The third-order valence-corrected chi connectivity index (χ3v) is 4.47. The first-order valence-electron chi connectivity index (χ1n) is 8.78. The minimum atomic E-state index is -0.812. The van der Waals surface area contributed by atoms with Gasteiger partial charge < -0.3 is 10.2 Å². The Morgan fingerprint density at radius 1 is 1.13 bits per heavy atom. The van der Waals surface area contributed by atoms with E-state index in [1.165, 1.54) is 19.3 Å². The number of carboxylic acid groups (broad SMARTS) is 1. The Balaban J connectivity index is 2.41. The third-order valence-electron chi connectivity index (χ3n) is 4.47. The van der Waals surface area contributed by atoms with Gasteiger partial charge in [-0.05, 0) is 38.0 Å². The van der Waals surface area contributed by atoms with E-state index in [1.807, 2.05) is 12.2 Å². The van der Waals surface area contributed by atoms with Gasteiger partial charge in [0.05, 0.1) is 6.10 Å². The first kappa shape index (κ1) is 19.6. The molecule has 0 spiro atoms. The molecule has 4 nitrogen and oxygen atoms in total. The Labute approximate surface area is 139 Å². The van der Waals surface area contributed by atoms with E-state index >= 15 is 0 Å². The average Bonchev–Trinajstić information content (AvgIpc) is 2.76. The first-order chi connectivity index (χ1) is 11.1. The first-order valence-corrected chi connectivity index (χ1v) is 8.78. The number of allylic oxidation sites excluding steroid dienone is 4. The Bertz CT molecular complexity index is 425. The van der Waals surface area contributed by atoms with Crippen LogP contribution in [0.4, 0.5) is 0 Å². The van der Waals surface area contributed by atoms with Gasteiger partial charge in [0.15, 0.2) is 0 Å². The van der Waals surface area contributed by atoms with Crippen LogP contribution in [0.2, 0.25) is 0 Å². The molecule has 130 valence electrons.